The maximum absolute atomic E-state index is 11.9. The van der Waals surface area contributed by atoms with E-state index in [1.54, 1.807) is 12.1 Å². The van der Waals surface area contributed by atoms with Crippen LogP contribution in [0.25, 0.3) is 10.9 Å². The predicted molar refractivity (Wildman–Crippen MR) is 76.7 cm³/mol. The number of hydrogen-bond acceptors (Lipinski definition) is 4. The van der Waals surface area contributed by atoms with Gasteiger partial charge in [-0.3, -0.25) is 10.2 Å². The van der Waals surface area contributed by atoms with Gasteiger partial charge in [-0.05, 0) is 38.4 Å². The first-order valence-corrected chi connectivity index (χ1v) is 6.12. The van der Waals surface area contributed by atoms with Gasteiger partial charge in [-0.2, -0.15) is 0 Å². The summed E-state index contributed by atoms with van der Waals surface area (Å²) in [6.45, 7) is 1.54. The minimum atomic E-state index is -0.187. The first-order valence-electron chi connectivity index (χ1n) is 6.12. The third-order valence-electron chi connectivity index (χ3n) is 2.78. The van der Waals surface area contributed by atoms with E-state index in [-0.39, 0.29) is 5.91 Å². The molecule has 0 aliphatic heterocycles. The standard InChI is InChI=1S/C13H19N5O/c1-18(2)6-5-15-17-13(19)12-8-9-7-10(14)3-4-11(9)16-12/h3-4,7-8,15-16H,5-6,14H2,1-2H3,(H,17,19). The predicted octanol–water partition coefficient (Wildman–Crippen LogP) is 0.546. The van der Waals surface area contributed by atoms with Crippen LogP contribution in [-0.4, -0.2) is 43.0 Å². The summed E-state index contributed by atoms with van der Waals surface area (Å²) in [5, 5.41) is 0.929. The molecule has 2 aromatic rings. The van der Waals surface area contributed by atoms with Crippen LogP contribution in [0, 0.1) is 0 Å². The van der Waals surface area contributed by atoms with Crippen molar-refractivity contribution in [1.29, 1.82) is 0 Å². The second-order valence-corrected chi connectivity index (χ2v) is 4.71. The highest BCUT2D eigenvalue weighted by molar-refractivity contribution is 5.98. The van der Waals surface area contributed by atoms with E-state index in [0.29, 0.717) is 17.9 Å². The number of hydrogen-bond donors (Lipinski definition) is 4. The van der Waals surface area contributed by atoms with Crippen LogP contribution in [0.1, 0.15) is 10.5 Å². The molecular formula is C13H19N5O. The van der Waals surface area contributed by atoms with Gasteiger partial charge in [0.1, 0.15) is 5.69 Å². The number of aromatic nitrogens is 1. The van der Waals surface area contributed by atoms with Crippen LogP contribution < -0.4 is 16.6 Å². The molecule has 5 N–H and O–H groups in total. The number of amides is 1. The lowest BCUT2D eigenvalue weighted by Gasteiger charge is -2.10. The van der Waals surface area contributed by atoms with Gasteiger partial charge in [0.05, 0.1) is 0 Å². The highest BCUT2D eigenvalue weighted by Crippen LogP contribution is 2.18. The molecule has 6 heteroatoms. The minimum Gasteiger partial charge on any atom is -0.399 e. The van der Waals surface area contributed by atoms with Crippen molar-refractivity contribution >= 4 is 22.5 Å². The van der Waals surface area contributed by atoms with Crippen LogP contribution in [-0.2, 0) is 0 Å². The number of H-pyrrole nitrogens is 1. The number of nitrogen functional groups attached to an aromatic ring is 1. The van der Waals surface area contributed by atoms with Crippen molar-refractivity contribution < 1.29 is 4.79 Å². The number of nitrogens with one attached hydrogen (secondary N) is 3. The van der Waals surface area contributed by atoms with E-state index in [1.165, 1.54) is 0 Å². The number of likely N-dealkylation sites (N-methyl/N-ethyl adjacent to an activating group) is 1. The lowest BCUT2D eigenvalue weighted by molar-refractivity contribution is 0.0928. The molecule has 1 aromatic carbocycles. The summed E-state index contributed by atoms with van der Waals surface area (Å²) in [7, 11) is 3.96. The third-order valence-corrected chi connectivity index (χ3v) is 2.78. The molecule has 0 atom stereocenters. The van der Waals surface area contributed by atoms with Crippen molar-refractivity contribution in [3.05, 3.63) is 30.0 Å². The van der Waals surface area contributed by atoms with Crippen molar-refractivity contribution in [3.63, 3.8) is 0 Å². The van der Waals surface area contributed by atoms with E-state index in [4.69, 9.17) is 5.73 Å². The van der Waals surface area contributed by atoms with Crippen molar-refractivity contribution in [2.75, 3.05) is 32.9 Å². The summed E-state index contributed by atoms with van der Waals surface area (Å²) in [4.78, 5) is 17.0. The average molecular weight is 261 g/mol. The maximum Gasteiger partial charge on any atom is 0.281 e. The number of carbonyl (C=O) groups is 1. The summed E-state index contributed by atoms with van der Waals surface area (Å²) in [5.74, 6) is -0.187. The van der Waals surface area contributed by atoms with Gasteiger partial charge in [-0.15, -0.1) is 0 Å². The van der Waals surface area contributed by atoms with Gasteiger partial charge in [-0.1, -0.05) is 0 Å². The Morgan fingerprint density at radius 2 is 2.16 bits per heavy atom. The fraction of sp³-hybridized carbons (Fsp3) is 0.308. The SMILES string of the molecule is CN(C)CCNNC(=O)c1cc2cc(N)ccc2[nH]1. The molecule has 0 radical (unpaired) electrons. The van der Waals surface area contributed by atoms with Gasteiger partial charge < -0.3 is 15.6 Å². The van der Waals surface area contributed by atoms with Crippen molar-refractivity contribution in [1.82, 2.24) is 20.7 Å². The number of anilines is 1. The van der Waals surface area contributed by atoms with Crippen LogP contribution in [0.3, 0.4) is 0 Å². The van der Waals surface area contributed by atoms with Crippen LogP contribution in [0.5, 0.6) is 0 Å². The number of aromatic amines is 1. The van der Waals surface area contributed by atoms with Crippen molar-refractivity contribution in [3.8, 4) is 0 Å². The second kappa shape index (κ2) is 5.73. The Bertz CT molecular complexity index is 575. The number of benzene rings is 1. The van der Waals surface area contributed by atoms with Crippen LogP contribution in [0.2, 0.25) is 0 Å². The number of nitrogens with two attached hydrogens (primary N) is 1. The maximum atomic E-state index is 11.9. The smallest absolute Gasteiger partial charge is 0.281 e. The number of rotatable bonds is 5. The molecule has 1 aromatic heterocycles. The fourth-order valence-electron chi connectivity index (χ4n) is 1.76. The van der Waals surface area contributed by atoms with Crippen LogP contribution in [0.4, 0.5) is 5.69 Å². The van der Waals surface area contributed by atoms with E-state index < -0.39 is 0 Å². The molecule has 0 aliphatic rings. The molecule has 0 aliphatic carbocycles. The highest BCUT2D eigenvalue weighted by atomic mass is 16.2. The van der Waals surface area contributed by atoms with Crippen molar-refractivity contribution in [2.45, 2.75) is 0 Å². The topological polar surface area (TPSA) is 86.2 Å². The Morgan fingerprint density at radius 1 is 1.37 bits per heavy atom. The summed E-state index contributed by atoms with van der Waals surface area (Å²) >= 11 is 0. The zero-order chi connectivity index (χ0) is 13.8. The Balaban J connectivity index is 1.97. The lowest BCUT2D eigenvalue weighted by Crippen LogP contribution is -2.41. The number of carbonyl (C=O) groups excluding carboxylic acids is 1. The van der Waals surface area contributed by atoms with Gasteiger partial charge in [0.25, 0.3) is 5.91 Å². The quantitative estimate of drug-likeness (QED) is 0.359. The summed E-state index contributed by atoms with van der Waals surface area (Å²) in [6.07, 6.45) is 0. The highest BCUT2D eigenvalue weighted by Gasteiger charge is 2.08. The fourth-order valence-corrected chi connectivity index (χ4v) is 1.76. The molecule has 0 spiro atoms. The molecule has 0 saturated heterocycles. The van der Waals surface area contributed by atoms with E-state index in [9.17, 15) is 4.79 Å². The molecule has 0 unspecified atom stereocenters. The Morgan fingerprint density at radius 3 is 2.89 bits per heavy atom. The summed E-state index contributed by atoms with van der Waals surface area (Å²) in [6, 6.07) is 7.29. The zero-order valence-electron chi connectivity index (χ0n) is 11.2. The normalized spacial score (nSPS) is 11.1. The number of hydrazine groups is 1. The van der Waals surface area contributed by atoms with Crippen LogP contribution >= 0.6 is 0 Å². The van der Waals surface area contributed by atoms with Gasteiger partial charge >= 0.3 is 0 Å². The molecule has 0 fully saturated rings. The molecule has 19 heavy (non-hydrogen) atoms. The summed E-state index contributed by atoms with van der Waals surface area (Å²) in [5.41, 5.74) is 13.3. The molecule has 2 rings (SSSR count). The van der Waals surface area contributed by atoms with Gasteiger partial charge in [-0.25, -0.2) is 5.43 Å². The molecule has 6 nitrogen and oxygen atoms in total. The second-order valence-electron chi connectivity index (χ2n) is 4.71. The largest absolute Gasteiger partial charge is 0.399 e. The Labute approximate surface area is 111 Å². The first-order chi connectivity index (χ1) is 9.06. The lowest BCUT2D eigenvalue weighted by atomic mass is 10.2. The number of nitrogens with zero attached hydrogens (tertiary/aromatic N) is 1. The molecule has 102 valence electrons. The molecule has 0 bridgehead atoms. The van der Waals surface area contributed by atoms with Gasteiger partial charge in [0.2, 0.25) is 0 Å². The Kier molecular flexibility index (Phi) is 4.03. The molecule has 1 heterocycles. The molecule has 0 saturated carbocycles. The van der Waals surface area contributed by atoms with E-state index in [2.05, 4.69) is 15.8 Å². The average Bonchev–Trinajstić information content (AvgIpc) is 2.77. The van der Waals surface area contributed by atoms with E-state index >= 15 is 0 Å². The van der Waals surface area contributed by atoms with Crippen molar-refractivity contribution in [2.24, 2.45) is 0 Å². The van der Waals surface area contributed by atoms with E-state index in [1.807, 2.05) is 31.1 Å². The van der Waals surface area contributed by atoms with E-state index in [0.717, 1.165) is 17.4 Å². The molecular weight excluding hydrogens is 242 g/mol. The first kappa shape index (κ1) is 13.4. The third kappa shape index (κ3) is 3.46. The van der Waals surface area contributed by atoms with Gasteiger partial charge in [0, 0.05) is 29.7 Å². The summed E-state index contributed by atoms with van der Waals surface area (Å²) < 4.78 is 0. The minimum absolute atomic E-state index is 0.187. The van der Waals surface area contributed by atoms with Gasteiger partial charge in [0.15, 0.2) is 0 Å². The monoisotopic (exact) mass is 261 g/mol. The number of fused-ring (bicyclic) bond motifs is 1. The zero-order valence-corrected chi connectivity index (χ0v) is 11.2. The molecule has 1 amide bonds. The Hall–Kier alpha value is -2.05. The van der Waals surface area contributed by atoms with Crippen LogP contribution in [0.15, 0.2) is 24.3 Å².